The van der Waals surface area contributed by atoms with E-state index in [4.69, 9.17) is 10.3 Å². The lowest BCUT2D eigenvalue weighted by Gasteiger charge is -2.09. The third-order valence-electron chi connectivity index (χ3n) is 2.62. The summed E-state index contributed by atoms with van der Waals surface area (Å²) in [7, 11) is -4.35. The molecule has 2 aromatic carbocycles. The Balaban J connectivity index is 2.94. The van der Waals surface area contributed by atoms with Gasteiger partial charge in [0.2, 0.25) is 0 Å². The molecule has 0 saturated carbocycles. The summed E-state index contributed by atoms with van der Waals surface area (Å²) in [6.07, 6.45) is 0. The quantitative estimate of drug-likeness (QED) is 0.530. The molecule has 0 saturated heterocycles. The SMILES string of the molecule is Cc1c(S(=O)(=O)O)cc2ccc(N)cc2c1O. The number of hydrogen-bond donors (Lipinski definition) is 3. The summed E-state index contributed by atoms with van der Waals surface area (Å²) in [6, 6.07) is 6.02. The van der Waals surface area contributed by atoms with E-state index in [2.05, 4.69) is 0 Å². The Hall–Kier alpha value is -1.79. The summed E-state index contributed by atoms with van der Waals surface area (Å²) < 4.78 is 31.3. The fourth-order valence-corrected chi connectivity index (χ4v) is 2.50. The summed E-state index contributed by atoms with van der Waals surface area (Å²) in [5.74, 6) is -0.192. The van der Waals surface area contributed by atoms with Gasteiger partial charge in [-0.3, -0.25) is 4.55 Å². The fraction of sp³-hybridized carbons (Fsp3) is 0.0909. The van der Waals surface area contributed by atoms with Gasteiger partial charge in [-0.25, -0.2) is 0 Å². The second-order valence-corrected chi connectivity index (χ2v) is 5.19. The predicted molar refractivity (Wildman–Crippen MR) is 64.6 cm³/mol. The van der Waals surface area contributed by atoms with E-state index in [1.54, 1.807) is 18.2 Å². The summed E-state index contributed by atoms with van der Waals surface area (Å²) in [6.45, 7) is 1.42. The molecule has 5 nitrogen and oxygen atoms in total. The first-order valence-electron chi connectivity index (χ1n) is 4.80. The van der Waals surface area contributed by atoms with E-state index in [-0.39, 0.29) is 16.2 Å². The highest BCUT2D eigenvalue weighted by atomic mass is 32.2. The zero-order valence-electron chi connectivity index (χ0n) is 9.01. The molecule has 0 aliphatic rings. The molecule has 0 radical (unpaired) electrons. The molecule has 0 fully saturated rings. The third kappa shape index (κ3) is 1.92. The molecule has 0 aliphatic heterocycles. The number of hydrogen-bond acceptors (Lipinski definition) is 4. The third-order valence-corrected chi connectivity index (χ3v) is 3.60. The van der Waals surface area contributed by atoms with Gasteiger partial charge in [0.15, 0.2) is 0 Å². The number of nitrogen functional groups attached to an aromatic ring is 1. The normalized spacial score (nSPS) is 11.9. The number of anilines is 1. The van der Waals surface area contributed by atoms with E-state index in [0.29, 0.717) is 16.5 Å². The first-order chi connectivity index (χ1) is 7.80. The maximum Gasteiger partial charge on any atom is 0.294 e. The van der Waals surface area contributed by atoms with Crippen LogP contribution in [0.5, 0.6) is 5.75 Å². The topological polar surface area (TPSA) is 101 Å². The molecule has 2 rings (SSSR count). The van der Waals surface area contributed by atoms with Gasteiger partial charge < -0.3 is 10.8 Å². The van der Waals surface area contributed by atoms with Crippen LogP contribution < -0.4 is 5.73 Å². The Morgan fingerprint density at radius 2 is 1.88 bits per heavy atom. The molecule has 17 heavy (non-hydrogen) atoms. The minimum Gasteiger partial charge on any atom is -0.507 e. The monoisotopic (exact) mass is 253 g/mol. The van der Waals surface area contributed by atoms with Gasteiger partial charge in [-0.1, -0.05) is 6.07 Å². The van der Waals surface area contributed by atoms with Crippen LogP contribution in [0.25, 0.3) is 10.8 Å². The molecule has 6 heteroatoms. The number of rotatable bonds is 1. The first kappa shape index (κ1) is 11.7. The Morgan fingerprint density at radius 3 is 2.47 bits per heavy atom. The minimum absolute atomic E-state index is 0.102. The zero-order chi connectivity index (χ0) is 12.8. The second-order valence-electron chi connectivity index (χ2n) is 3.80. The van der Waals surface area contributed by atoms with Crippen LogP contribution in [0.4, 0.5) is 5.69 Å². The molecule has 4 N–H and O–H groups in total. The van der Waals surface area contributed by atoms with Crippen LogP contribution in [0.2, 0.25) is 0 Å². The van der Waals surface area contributed by atoms with Gasteiger partial charge in [0.1, 0.15) is 10.6 Å². The fourth-order valence-electron chi connectivity index (χ4n) is 1.74. The predicted octanol–water partition coefficient (Wildman–Crippen LogP) is 1.68. The van der Waals surface area contributed by atoms with Gasteiger partial charge >= 0.3 is 0 Å². The molecule has 0 spiro atoms. The van der Waals surface area contributed by atoms with Crippen molar-refractivity contribution in [1.82, 2.24) is 0 Å². The molecule has 2 aromatic rings. The molecular formula is C11H11NO4S. The van der Waals surface area contributed by atoms with E-state index in [1.807, 2.05) is 0 Å². The Kier molecular flexibility index (Phi) is 2.48. The molecule has 0 amide bonds. The van der Waals surface area contributed by atoms with Gasteiger partial charge in [-0.15, -0.1) is 0 Å². The van der Waals surface area contributed by atoms with Gasteiger partial charge in [-0.2, -0.15) is 8.42 Å². The van der Waals surface area contributed by atoms with Crippen LogP contribution in [0, 0.1) is 6.92 Å². The summed E-state index contributed by atoms with van der Waals surface area (Å²) in [4.78, 5) is -0.299. The lowest BCUT2D eigenvalue weighted by atomic mass is 10.1. The van der Waals surface area contributed by atoms with Crippen LogP contribution in [-0.2, 0) is 10.1 Å². The van der Waals surface area contributed by atoms with Crippen molar-refractivity contribution in [2.24, 2.45) is 0 Å². The number of phenolic OH excluding ortho intramolecular Hbond substituents is 1. The van der Waals surface area contributed by atoms with E-state index in [1.165, 1.54) is 13.0 Å². The van der Waals surface area contributed by atoms with Crippen molar-refractivity contribution in [1.29, 1.82) is 0 Å². The molecule has 0 heterocycles. The van der Waals surface area contributed by atoms with Crippen molar-refractivity contribution >= 4 is 26.6 Å². The van der Waals surface area contributed by atoms with E-state index in [0.717, 1.165) is 0 Å². The second kappa shape index (κ2) is 3.61. The minimum atomic E-state index is -4.35. The average molecular weight is 253 g/mol. The van der Waals surface area contributed by atoms with Gasteiger partial charge in [-0.05, 0) is 30.5 Å². The van der Waals surface area contributed by atoms with Crippen molar-refractivity contribution in [3.05, 3.63) is 29.8 Å². The van der Waals surface area contributed by atoms with Crippen molar-refractivity contribution in [3.63, 3.8) is 0 Å². The van der Waals surface area contributed by atoms with Crippen LogP contribution in [0.3, 0.4) is 0 Å². The number of fused-ring (bicyclic) bond motifs is 1. The van der Waals surface area contributed by atoms with E-state index < -0.39 is 10.1 Å². The highest BCUT2D eigenvalue weighted by molar-refractivity contribution is 7.85. The maximum atomic E-state index is 11.1. The van der Waals surface area contributed by atoms with Crippen molar-refractivity contribution in [3.8, 4) is 5.75 Å². The van der Waals surface area contributed by atoms with Crippen molar-refractivity contribution in [2.45, 2.75) is 11.8 Å². The lowest BCUT2D eigenvalue weighted by Crippen LogP contribution is -2.01. The molecule has 0 aromatic heterocycles. The number of nitrogens with two attached hydrogens (primary N) is 1. The number of benzene rings is 2. The molecular weight excluding hydrogens is 242 g/mol. The van der Waals surface area contributed by atoms with E-state index in [9.17, 15) is 13.5 Å². The highest BCUT2D eigenvalue weighted by Crippen LogP contribution is 2.34. The van der Waals surface area contributed by atoms with Crippen molar-refractivity contribution in [2.75, 3.05) is 5.73 Å². The highest BCUT2D eigenvalue weighted by Gasteiger charge is 2.18. The molecule has 0 atom stereocenters. The van der Waals surface area contributed by atoms with Crippen LogP contribution >= 0.6 is 0 Å². The van der Waals surface area contributed by atoms with Gasteiger partial charge in [0, 0.05) is 16.6 Å². The van der Waals surface area contributed by atoms with Gasteiger partial charge in [0.25, 0.3) is 10.1 Å². The smallest absolute Gasteiger partial charge is 0.294 e. The molecule has 0 unspecified atom stereocenters. The molecule has 0 aliphatic carbocycles. The molecule has 90 valence electrons. The van der Waals surface area contributed by atoms with Crippen LogP contribution in [0.1, 0.15) is 5.56 Å². The Morgan fingerprint density at radius 1 is 1.24 bits per heavy atom. The largest absolute Gasteiger partial charge is 0.507 e. The molecule has 0 bridgehead atoms. The average Bonchev–Trinajstić information content (AvgIpc) is 2.22. The summed E-state index contributed by atoms with van der Waals surface area (Å²) in [5, 5.41) is 10.8. The first-order valence-corrected chi connectivity index (χ1v) is 6.24. The summed E-state index contributed by atoms with van der Waals surface area (Å²) in [5.41, 5.74) is 6.15. The Bertz CT molecular complexity index is 707. The summed E-state index contributed by atoms with van der Waals surface area (Å²) >= 11 is 0. The maximum absolute atomic E-state index is 11.1. The van der Waals surface area contributed by atoms with Gasteiger partial charge in [0.05, 0.1) is 0 Å². The zero-order valence-corrected chi connectivity index (χ0v) is 9.82. The standard InChI is InChI=1S/C11H11NO4S/c1-6-10(17(14,15)16)4-7-2-3-8(12)5-9(7)11(6)13/h2-5,13H,12H2,1H3,(H,14,15,16). The van der Waals surface area contributed by atoms with Crippen LogP contribution in [-0.4, -0.2) is 18.1 Å². The van der Waals surface area contributed by atoms with Crippen LogP contribution in [0.15, 0.2) is 29.2 Å². The number of phenols is 1. The lowest BCUT2D eigenvalue weighted by molar-refractivity contribution is 0.466. The van der Waals surface area contributed by atoms with E-state index >= 15 is 0 Å². The Labute approximate surface area is 98.2 Å². The van der Waals surface area contributed by atoms with Crippen molar-refractivity contribution < 1.29 is 18.1 Å². The number of aromatic hydroxyl groups is 1.